The summed E-state index contributed by atoms with van der Waals surface area (Å²) in [4.78, 5) is -0.947. The number of nitrogen functional groups attached to an aromatic ring is 1. The normalized spacial score (nSPS) is 15.1. The van der Waals surface area contributed by atoms with Crippen LogP contribution in [0.2, 0.25) is 0 Å². The molecule has 0 fully saturated rings. The smallest absolute Gasteiger partial charge is 0.486 e. The van der Waals surface area contributed by atoms with Crippen molar-refractivity contribution in [3.8, 4) is 0 Å². The third-order valence-corrected chi connectivity index (χ3v) is 4.92. The molecule has 1 aromatic rings. The maximum Gasteiger partial charge on any atom is 0.486 e. The first kappa shape index (κ1) is 18.8. The minimum Gasteiger partial charge on any atom is -0.607 e. The number of anilines is 1. The SMILES string of the molecule is Nc1c(Br)cc([S+]([O-])C(F)(F)C(F)(F)C(F)(F)F)cc1Br. The van der Waals surface area contributed by atoms with Gasteiger partial charge in [0.2, 0.25) is 0 Å². The zero-order valence-electron chi connectivity index (χ0n) is 9.45. The van der Waals surface area contributed by atoms with Crippen molar-refractivity contribution in [2.45, 2.75) is 22.2 Å². The molecule has 120 valence electrons. The van der Waals surface area contributed by atoms with Crippen LogP contribution >= 0.6 is 31.9 Å². The van der Waals surface area contributed by atoms with Crippen molar-refractivity contribution in [2.24, 2.45) is 0 Å². The zero-order valence-corrected chi connectivity index (χ0v) is 13.4. The molecular formula is C9H4Br2F7NOS. The zero-order chi connectivity index (χ0) is 16.8. The first-order valence-electron chi connectivity index (χ1n) is 4.72. The summed E-state index contributed by atoms with van der Waals surface area (Å²) in [5, 5.41) is -5.85. The van der Waals surface area contributed by atoms with Crippen molar-refractivity contribution in [3.63, 3.8) is 0 Å². The van der Waals surface area contributed by atoms with Gasteiger partial charge in [-0.1, -0.05) is 0 Å². The Kier molecular flexibility index (Phi) is 5.19. The Bertz CT molecular complexity index is 528. The average molecular weight is 467 g/mol. The van der Waals surface area contributed by atoms with Crippen LogP contribution in [-0.2, 0) is 11.2 Å². The molecule has 0 bridgehead atoms. The van der Waals surface area contributed by atoms with Crippen LogP contribution in [0.3, 0.4) is 0 Å². The minimum atomic E-state index is -6.55. The molecule has 0 radical (unpaired) electrons. The highest BCUT2D eigenvalue weighted by Crippen LogP contribution is 2.51. The van der Waals surface area contributed by atoms with Gasteiger partial charge in [0.25, 0.3) is 0 Å². The number of benzene rings is 1. The van der Waals surface area contributed by atoms with Crippen LogP contribution in [-0.4, -0.2) is 21.9 Å². The molecule has 0 amide bonds. The third kappa shape index (κ3) is 3.27. The van der Waals surface area contributed by atoms with Gasteiger partial charge in [0.1, 0.15) is 0 Å². The molecule has 12 heteroatoms. The highest BCUT2D eigenvalue weighted by molar-refractivity contribution is 9.11. The van der Waals surface area contributed by atoms with E-state index in [1.165, 1.54) is 0 Å². The van der Waals surface area contributed by atoms with E-state index < -0.39 is 33.4 Å². The Hall–Kier alpha value is -0.200. The largest absolute Gasteiger partial charge is 0.607 e. The van der Waals surface area contributed by atoms with Crippen molar-refractivity contribution >= 4 is 48.7 Å². The van der Waals surface area contributed by atoms with E-state index in [1.807, 2.05) is 0 Å². The van der Waals surface area contributed by atoms with Gasteiger partial charge in [-0.2, -0.15) is 22.0 Å². The van der Waals surface area contributed by atoms with E-state index in [0.717, 1.165) is 0 Å². The number of nitrogens with two attached hydrogens (primary N) is 1. The van der Waals surface area contributed by atoms with Crippen LogP contribution in [0.4, 0.5) is 36.4 Å². The number of hydrogen-bond donors (Lipinski definition) is 1. The van der Waals surface area contributed by atoms with E-state index >= 15 is 0 Å². The fourth-order valence-electron chi connectivity index (χ4n) is 1.10. The van der Waals surface area contributed by atoms with Crippen molar-refractivity contribution in [2.75, 3.05) is 5.73 Å². The molecule has 0 heterocycles. The molecule has 2 nitrogen and oxygen atoms in total. The lowest BCUT2D eigenvalue weighted by Gasteiger charge is -2.28. The maximum absolute atomic E-state index is 13.3. The lowest BCUT2D eigenvalue weighted by molar-refractivity contribution is -0.332. The van der Waals surface area contributed by atoms with E-state index in [2.05, 4.69) is 31.9 Å². The second-order valence-corrected chi connectivity index (χ2v) is 6.89. The maximum atomic E-state index is 13.3. The molecule has 0 saturated carbocycles. The summed E-state index contributed by atoms with van der Waals surface area (Å²) >= 11 is 1.60. The summed E-state index contributed by atoms with van der Waals surface area (Å²) in [6.45, 7) is 0. The molecule has 0 aromatic heterocycles. The van der Waals surface area contributed by atoms with E-state index in [0.29, 0.717) is 12.1 Å². The van der Waals surface area contributed by atoms with Crippen LogP contribution < -0.4 is 5.73 Å². The van der Waals surface area contributed by atoms with Gasteiger partial charge in [-0.15, -0.1) is 8.78 Å². The molecule has 21 heavy (non-hydrogen) atoms. The van der Waals surface area contributed by atoms with Gasteiger partial charge in [0.05, 0.1) is 16.9 Å². The van der Waals surface area contributed by atoms with Gasteiger partial charge in [0.15, 0.2) is 4.90 Å². The van der Waals surface area contributed by atoms with Gasteiger partial charge in [-0.25, -0.2) is 0 Å². The van der Waals surface area contributed by atoms with E-state index in [4.69, 9.17) is 5.73 Å². The van der Waals surface area contributed by atoms with Gasteiger partial charge < -0.3 is 10.3 Å². The lowest BCUT2D eigenvalue weighted by Crippen LogP contribution is -2.55. The fraction of sp³-hybridized carbons (Fsp3) is 0.333. The summed E-state index contributed by atoms with van der Waals surface area (Å²) in [5.74, 6) is -6.45. The summed E-state index contributed by atoms with van der Waals surface area (Å²) in [6, 6.07) is 1.35. The quantitative estimate of drug-likeness (QED) is 0.399. The van der Waals surface area contributed by atoms with Crippen molar-refractivity contribution in [1.82, 2.24) is 0 Å². The molecule has 0 spiro atoms. The molecule has 1 rings (SSSR count). The molecule has 0 saturated heterocycles. The summed E-state index contributed by atoms with van der Waals surface area (Å²) < 4.78 is 99.6. The van der Waals surface area contributed by atoms with E-state index in [-0.39, 0.29) is 14.6 Å². The monoisotopic (exact) mass is 465 g/mol. The highest BCUT2D eigenvalue weighted by Gasteiger charge is 2.80. The second-order valence-electron chi connectivity index (χ2n) is 3.66. The first-order valence-corrected chi connectivity index (χ1v) is 7.45. The van der Waals surface area contributed by atoms with Crippen molar-refractivity contribution in [1.29, 1.82) is 0 Å². The van der Waals surface area contributed by atoms with Crippen LogP contribution in [0.25, 0.3) is 0 Å². The predicted molar refractivity (Wildman–Crippen MR) is 68.6 cm³/mol. The number of halogens is 9. The Morgan fingerprint density at radius 3 is 1.67 bits per heavy atom. The third-order valence-electron chi connectivity index (χ3n) is 2.22. The number of rotatable bonds is 3. The molecule has 1 atom stereocenters. The molecular weight excluding hydrogens is 463 g/mol. The average Bonchev–Trinajstić information content (AvgIpc) is 2.32. The van der Waals surface area contributed by atoms with Gasteiger partial charge in [-0.3, -0.25) is 0 Å². The van der Waals surface area contributed by atoms with Crippen LogP contribution in [0.1, 0.15) is 0 Å². The predicted octanol–water partition coefficient (Wildman–Crippen LogP) is 4.69. The van der Waals surface area contributed by atoms with Gasteiger partial charge in [-0.05, 0) is 31.9 Å². The Morgan fingerprint density at radius 2 is 1.33 bits per heavy atom. The summed E-state index contributed by atoms with van der Waals surface area (Å²) in [7, 11) is 0. The molecule has 0 aliphatic rings. The number of alkyl halides is 7. The van der Waals surface area contributed by atoms with Gasteiger partial charge in [0, 0.05) is 21.1 Å². The minimum absolute atomic E-state index is 0.0263. The molecule has 1 unspecified atom stereocenters. The first-order chi connectivity index (χ1) is 9.23. The summed E-state index contributed by atoms with van der Waals surface area (Å²) in [5.41, 5.74) is 5.38. The molecule has 1 aromatic carbocycles. The standard InChI is InChI=1S/C9H4Br2F7NOS/c10-4-1-3(2-5(11)6(4)19)21(20)9(17,18)7(12,13)8(14,15)16/h1-2H,19H2. The van der Waals surface area contributed by atoms with Crippen LogP contribution in [0.5, 0.6) is 0 Å². The lowest BCUT2D eigenvalue weighted by atomic mass is 10.3. The second kappa shape index (κ2) is 5.78. The molecule has 2 N–H and O–H groups in total. The van der Waals surface area contributed by atoms with E-state index in [9.17, 15) is 35.3 Å². The topological polar surface area (TPSA) is 49.1 Å². The number of hydrogen-bond acceptors (Lipinski definition) is 2. The van der Waals surface area contributed by atoms with Crippen LogP contribution in [0, 0.1) is 0 Å². The Balaban J connectivity index is 3.33. The summed E-state index contributed by atoms with van der Waals surface area (Å²) in [6.07, 6.45) is -6.55. The fourth-order valence-corrected chi connectivity index (χ4v) is 3.68. The van der Waals surface area contributed by atoms with Crippen molar-refractivity contribution in [3.05, 3.63) is 21.1 Å². The molecule has 0 aliphatic carbocycles. The van der Waals surface area contributed by atoms with Gasteiger partial charge >= 0.3 is 17.4 Å². The van der Waals surface area contributed by atoms with Crippen LogP contribution in [0.15, 0.2) is 26.0 Å². The van der Waals surface area contributed by atoms with Crippen molar-refractivity contribution < 1.29 is 35.3 Å². The Labute approximate surface area is 133 Å². The molecule has 0 aliphatic heterocycles. The van der Waals surface area contributed by atoms with E-state index in [1.54, 1.807) is 0 Å². The highest BCUT2D eigenvalue weighted by atomic mass is 79.9. The Morgan fingerprint density at radius 1 is 0.952 bits per heavy atom.